The number of hydrogen-bond donors (Lipinski definition) is 2. The Hall–Kier alpha value is -3.15. The second-order valence-electron chi connectivity index (χ2n) is 9.69. The van der Waals surface area contributed by atoms with Gasteiger partial charge in [0.15, 0.2) is 0 Å². The van der Waals surface area contributed by atoms with Gasteiger partial charge in [0.1, 0.15) is 6.04 Å². The Morgan fingerprint density at radius 2 is 1.53 bits per heavy atom. The molecular weight excluding hydrogens is 426 g/mol. The molecule has 2 aromatic rings. The summed E-state index contributed by atoms with van der Waals surface area (Å²) in [5.74, 6) is -0.0412. The topological polar surface area (TPSA) is 78.5 Å². The number of amides is 3. The van der Waals surface area contributed by atoms with Crippen LogP contribution in [0.3, 0.4) is 0 Å². The van der Waals surface area contributed by atoms with Crippen molar-refractivity contribution < 1.29 is 14.4 Å². The van der Waals surface area contributed by atoms with Gasteiger partial charge in [0.05, 0.1) is 6.42 Å². The van der Waals surface area contributed by atoms with Crippen molar-refractivity contribution in [1.29, 1.82) is 0 Å². The van der Waals surface area contributed by atoms with Crippen LogP contribution in [0.25, 0.3) is 0 Å². The maximum absolute atomic E-state index is 13.3. The molecule has 3 amide bonds. The van der Waals surface area contributed by atoms with Crippen LogP contribution in [0.1, 0.15) is 55.1 Å². The van der Waals surface area contributed by atoms with E-state index in [9.17, 15) is 14.4 Å². The Balaban J connectivity index is 1.68. The summed E-state index contributed by atoms with van der Waals surface area (Å²) in [5, 5.41) is 6.10. The van der Waals surface area contributed by atoms with Gasteiger partial charge < -0.3 is 15.5 Å². The van der Waals surface area contributed by atoms with E-state index in [0.29, 0.717) is 37.9 Å². The average molecular weight is 464 g/mol. The molecule has 1 fully saturated rings. The van der Waals surface area contributed by atoms with Crippen molar-refractivity contribution in [3.63, 3.8) is 0 Å². The summed E-state index contributed by atoms with van der Waals surface area (Å²) in [5.41, 5.74) is 2.45. The van der Waals surface area contributed by atoms with Crippen LogP contribution in [0.5, 0.6) is 0 Å². The summed E-state index contributed by atoms with van der Waals surface area (Å²) in [6.45, 7) is 9.15. The van der Waals surface area contributed by atoms with Crippen LogP contribution in [0.15, 0.2) is 54.6 Å². The molecule has 1 aliphatic rings. The summed E-state index contributed by atoms with van der Waals surface area (Å²) in [6, 6.07) is 16.5. The maximum Gasteiger partial charge on any atom is 0.252 e. The Morgan fingerprint density at radius 1 is 0.912 bits per heavy atom. The van der Waals surface area contributed by atoms with E-state index in [2.05, 4.69) is 24.5 Å². The first-order valence-electron chi connectivity index (χ1n) is 12.2. The summed E-state index contributed by atoms with van der Waals surface area (Å²) >= 11 is 0. The van der Waals surface area contributed by atoms with Crippen molar-refractivity contribution in [2.24, 2.45) is 11.8 Å². The van der Waals surface area contributed by atoms with Crippen LogP contribution in [0, 0.1) is 18.8 Å². The molecule has 182 valence electrons. The molecule has 3 rings (SSSR count). The smallest absolute Gasteiger partial charge is 0.252 e. The van der Waals surface area contributed by atoms with Crippen molar-refractivity contribution in [1.82, 2.24) is 15.5 Å². The van der Waals surface area contributed by atoms with Gasteiger partial charge in [0.2, 0.25) is 11.8 Å². The van der Waals surface area contributed by atoms with Gasteiger partial charge in [0, 0.05) is 24.7 Å². The number of aryl methyl sites for hydroxylation is 1. The third-order valence-corrected chi connectivity index (χ3v) is 6.89. The van der Waals surface area contributed by atoms with E-state index in [0.717, 1.165) is 11.1 Å². The summed E-state index contributed by atoms with van der Waals surface area (Å²) in [7, 11) is 0. The summed E-state index contributed by atoms with van der Waals surface area (Å²) < 4.78 is 0. The van der Waals surface area contributed by atoms with Crippen LogP contribution in [-0.4, -0.2) is 47.8 Å². The SMILES string of the molecule is Cc1ccccc1C(=O)NC(C(=O)NC(C)C(C)C)C1CCN(C(=O)Cc2ccccc2)CC1. The first-order chi connectivity index (χ1) is 16.3. The molecular formula is C28H37N3O3. The third kappa shape index (κ3) is 6.69. The number of benzene rings is 2. The quantitative estimate of drug-likeness (QED) is 0.626. The lowest BCUT2D eigenvalue weighted by atomic mass is 9.87. The van der Waals surface area contributed by atoms with Crippen molar-refractivity contribution in [3.05, 3.63) is 71.3 Å². The fourth-order valence-corrected chi connectivity index (χ4v) is 4.29. The molecule has 34 heavy (non-hydrogen) atoms. The lowest BCUT2D eigenvalue weighted by Crippen LogP contribution is -2.55. The number of likely N-dealkylation sites (tertiary alicyclic amines) is 1. The average Bonchev–Trinajstić information content (AvgIpc) is 2.83. The normalized spacial score (nSPS) is 16.1. The van der Waals surface area contributed by atoms with Gasteiger partial charge in [-0.2, -0.15) is 0 Å². The van der Waals surface area contributed by atoms with E-state index in [1.807, 2.05) is 67.3 Å². The second-order valence-corrected chi connectivity index (χ2v) is 9.69. The van der Waals surface area contributed by atoms with Crippen molar-refractivity contribution >= 4 is 17.7 Å². The molecule has 0 spiro atoms. The molecule has 0 saturated carbocycles. The molecule has 0 radical (unpaired) electrons. The van der Waals surface area contributed by atoms with Crippen LogP contribution in [0.4, 0.5) is 0 Å². The first kappa shape index (κ1) is 25.5. The van der Waals surface area contributed by atoms with Crippen molar-refractivity contribution in [2.75, 3.05) is 13.1 Å². The van der Waals surface area contributed by atoms with E-state index in [1.165, 1.54) is 0 Å². The molecule has 6 heteroatoms. The predicted octanol–water partition coefficient (Wildman–Crippen LogP) is 3.74. The van der Waals surface area contributed by atoms with E-state index >= 15 is 0 Å². The van der Waals surface area contributed by atoms with Gasteiger partial charge in [-0.05, 0) is 55.7 Å². The zero-order valence-electron chi connectivity index (χ0n) is 20.7. The molecule has 0 aliphatic carbocycles. The number of nitrogens with zero attached hydrogens (tertiary/aromatic N) is 1. The minimum Gasteiger partial charge on any atom is -0.352 e. The standard InChI is InChI=1S/C28H37N3O3/c1-19(2)21(4)29-28(34)26(30-27(33)24-13-9-8-10-20(24)3)23-14-16-31(17-15-23)25(32)18-22-11-6-5-7-12-22/h5-13,19,21,23,26H,14-18H2,1-4H3,(H,29,34)(H,30,33). The fraction of sp³-hybridized carbons (Fsp3) is 0.464. The number of nitrogens with one attached hydrogen (secondary N) is 2. The molecule has 2 unspecified atom stereocenters. The van der Waals surface area contributed by atoms with Gasteiger partial charge in [0.25, 0.3) is 5.91 Å². The third-order valence-electron chi connectivity index (χ3n) is 6.89. The van der Waals surface area contributed by atoms with Crippen LogP contribution in [-0.2, 0) is 16.0 Å². The Bertz CT molecular complexity index is 981. The highest BCUT2D eigenvalue weighted by Crippen LogP contribution is 2.23. The van der Waals surface area contributed by atoms with Gasteiger partial charge in [-0.3, -0.25) is 14.4 Å². The van der Waals surface area contributed by atoms with Crippen molar-refractivity contribution in [2.45, 2.75) is 59.0 Å². The van der Waals surface area contributed by atoms with E-state index in [-0.39, 0.29) is 35.6 Å². The number of piperidine rings is 1. The van der Waals surface area contributed by atoms with Gasteiger partial charge >= 0.3 is 0 Å². The molecule has 1 heterocycles. The number of carbonyl (C=O) groups excluding carboxylic acids is 3. The van der Waals surface area contributed by atoms with Crippen LogP contribution >= 0.6 is 0 Å². The highest BCUT2D eigenvalue weighted by molar-refractivity contribution is 5.98. The predicted molar refractivity (Wildman–Crippen MR) is 134 cm³/mol. The van der Waals surface area contributed by atoms with Gasteiger partial charge in [-0.1, -0.05) is 62.4 Å². The van der Waals surface area contributed by atoms with Crippen LogP contribution < -0.4 is 10.6 Å². The molecule has 0 aromatic heterocycles. The monoisotopic (exact) mass is 463 g/mol. The molecule has 2 atom stereocenters. The van der Waals surface area contributed by atoms with E-state index < -0.39 is 6.04 Å². The molecule has 1 aliphatic heterocycles. The Kier molecular flexibility index (Phi) is 8.85. The Morgan fingerprint density at radius 3 is 2.15 bits per heavy atom. The molecule has 6 nitrogen and oxygen atoms in total. The number of carbonyl (C=O) groups is 3. The molecule has 1 saturated heterocycles. The Labute approximate surface area is 203 Å². The van der Waals surface area contributed by atoms with E-state index in [4.69, 9.17) is 0 Å². The largest absolute Gasteiger partial charge is 0.352 e. The van der Waals surface area contributed by atoms with Gasteiger partial charge in [-0.25, -0.2) is 0 Å². The highest BCUT2D eigenvalue weighted by Gasteiger charge is 2.34. The van der Waals surface area contributed by atoms with Gasteiger partial charge in [-0.15, -0.1) is 0 Å². The minimum absolute atomic E-state index is 0.00194. The molecule has 2 aromatic carbocycles. The molecule has 2 N–H and O–H groups in total. The first-order valence-corrected chi connectivity index (χ1v) is 12.2. The second kappa shape index (κ2) is 11.8. The van der Waals surface area contributed by atoms with Crippen molar-refractivity contribution in [3.8, 4) is 0 Å². The fourth-order valence-electron chi connectivity index (χ4n) is 4.29. The highest BCUT2D eigenvalue weighted by atomic mass is 16.2. The van der Waals surface area contributed by atoms with Crippen LogP contribution in [0.2, 0.25) is 0 Å². The summed E-state index contributed by atoms with van der Waals surface area (Å²) in [6.07, 6.45) is 1.72. The lowest BCUT2D eigenvalue weighted by molar-refractivity contribution is -0.132. The maximum atomic E-state index is 13.3. The lowest BCUT2D eigenvalue weighted by Gasteiger charge is -2.36. The summed E-state index contributed by atoms with van der Waals surface area (Å²) in [4.78, 5) is 41.0. The zero-order valence-corrected chi connectivity index (χ0v) is 20.7. The van der Waals surface area contributed by atoms with E-state index in [1.54, 1.807) is 6.07 Å². The molecule has 0 bridgehead atoms. The number of rotatable bonds is 8. The minimum atomic E-state index is -0.639. The zero-order chi connectivity index (χ0) is 24.7. The number of hydrogen-bond acceptors (Lipinski definition) is 3.